The van der Waals surface area contributed by atoms with Gasteiger partial charge in [-0.1, -0.05) is 24.5 Å². The number of benzene rings is 1. The number of rotatable bonds is 4. The summed E-state index contributed by atoms with van der Waals surface area (Å²) in [5, 5.41) is 0. The van der Waals surface area contributed by atoms with Gasteiger partial charge in [0.05, 0.1) is 0 Å². The van der Waals surface area contributed by atoms with E-state index < -0.39 is 5.97 Å². The van der Waals surface area contributed by atoms with Crippen molar-refractivity contribution in [3.8, 4) is 5.75 Å². The smallest absolute Gasteiger partial charge is 0.308 e. The Hall–Kier alpha value is -2.63. The number of esters is 1. The molecule has 2 aliphatic rings. The minimum absolute atomic E-state index is 0.0561. The maximum absolute atomic E-state index is 12.9. The predicted molar refractivity (Wildman–Crippen MR) is 111 cm³/mol. The number of carbonyl (C=O) groups is 3. The fourth-order valence-corrected chi connectivity index (χ4v) is 4.17. The Labute approximate surface area is 172 Å². The van der Waals surface area contributed by atoms with Crippen LogP contribution < -0.4 is 4.74 Å². The third-order valence-electron chi connectivity index (χ3n) is 5.79. The van der Waals surface area contributed by atoms with Gasteiger partial charge in [0.25, 0.3) is 5.91 Å². The minimum Gasteiger partial charge on any atom is -0.427 e. The molecule has 1 aliphatic carbocycles. The zero-order chi connectivity index (χ0) is 20.8. The third-order valence-corrected chi connectivity index (χ3v) is 5.79. The fourth-order valence-electron chi connectivity index (χ4n) is 4.17. The van der Waals surface area contributed by atoms with Crippen molar-refractivity contribution in [1.82, 2.24) is 9.80 Å². The lowest BCUT2D eigenvalue weighted by Gasteiger charge is -2.22. The molecule has 6 heteroatoms. The lowest BCUT2D eigenvalue weighted by molar-refractivity contribution is -0.132. The van der Waals surface area contributed by atoms with E-state index in [-0.39, 0.29) is 11.8 Å². The Morgan fingerprint density at radius 3 is 2.38 bits per heavy atom. The van der Waals surface area contributed by atoms with Crippen molar-refractivity contribution in [2.24, 2.45) is 5.92 Å². The van der Waals surface area contributed by atoms with Crippen LogP contribution in [0, 0.1) is 5.92 Å². The number of nitrogens with zero attached hydrogens (tertiary/aromatic N) is 2. The second-order valence-electron chi connectivity index (χ2n) is 7.96. The summed E-state index contributed by atoms with van der Waals surface area (Å²) in [5.74, 6) is 0.446. The second kappa shape index (κ2) is 9.72. The van der Waals surface area contributed by atoms with Gasteiger partial charge < -0.3 is 14.5 Å². The Balaban J connectivity index is 1.60. The van der Waals surface area contributed by atoms with Crippen LogP contribution in [0.1, 0.15) is 56.3 Å². The van der Waals surface area contributed by atoms with Gasteiger partial charge in [-0.3, -0.25) is 14.4 Å². The molecule has 1 heterocycles. The first-order valence-electron chi connectivity index (χ1n) is 10.5. The van der Waals surface area contributed by atoms with Crippen molar-refractivity contribution >= 4 is 17.8 Å². The van der Waals surface area contributed by atoms with Gasteiger partial charge in [0.1, 0.15) is 5.75 Å². The van der Waals surface area contributed by atoms with Crippen LogP contribution in [0.25, 0.3) is 0 Å². The number of hydrogen-bond acceptors (Lipinski definition) is 4. The third kappa shape index (κ3) is 5.68. The maximum atomic E-state index is 12.9. The van der Waals surface area contributed by atoms with E-state index in [9.17, 15) is 14.4 Å². The first kappa shape index (κ1) is 21.1. The summed E-state index contributed by atoms with van der Waals surface area (Å²) in [6.45, 7) is 5.69. The van der Waals surface area contributed by atoms with Gasteiger partial charge in [-0.15, -0.1) is 0 Å². The first-order valence-corrected chi connectivity index (χ1v) is 10.5. The molecule has 2 fully saturated rings. The second-order valence-corrected chi connectivity index (χ2v) is 7.96. The van der Waals surface area contributed by atoms with E-state index in [1.54, 1.807) is 35.2 Å². The Morgan fingerprint density at radius 1 is 0.966 bits per heavy atom. The highest BCUT2D eigenvalue weighted by molar-refractivity contribution is 5.95. The summed E-state index contributed by atoms with van der Waals surface area (Å²) in [7, 11) is 0. The van der Waals surface area contributed by atoms with Gasteiger partial charge >= 0.3 is 5.97 Å². The Bertz CT molecular complexity index is 796. The van der Waals surface area contributed by atoms with Crippen molar-refractivity contribution < 1.29 is 19.1 Å². The van der Waals surface area contributed by atoms with E-state index in [0.29, 0.717) is 43.4 Å². The van der Waals surface area contributed by atoms with Crippen LogP contribution in [0.3, 0.4) is 0 Å². The van der Waals surface area contributed by atoms with Crippen LogP contribution in [0.2, 0.25) is 0 Å². The summed E-state index contributed by atoms with van der Waals surface area (Å²) >= 11 is 0. The monoisotopic (exact) mass is 398 g/mol. The topological polar surface area (TPSA) is 66.9 Å². The van der Waals surface area contributed by atoms with Crippen molar-refractivity contribution in [3.63, 3.8) is 0 Å². The molecule has 2 amide bonds. The molecule has 0 unspecified atom stereocenters. The number of allylic oxidation sites excluding steroid dienone is 1. The van der Waals surface area contributed by atoms with Gasteiger partial charge in [-0.05, 0) is 50.3 Å². The fraction of sp³-hybridized carbons (Fsp3) is 0.522. The molecule has 0 bridgehead atoms. The summed E-state index contributed by atoms with van der Waals surface area (Å²) in [6, 6.07) is 6.66. The molecule has 0 N–H and O–H groups in total. The van der Waals surface area contributed by atoms with Crippen molar-refractivity contribution in [2.45, 2.75) is 46.0 Å². The summed E-state index contributed by atoms with van der Waals surface area (Å²) in [4.78, 5) is 40.4. The molecule has 0 aromatic heterocycles. The molecule has 6 nitrogen and oxygen atoms in total. The van der Waals surface area contributed by atoms with Crippen LogP contribution in [0.4, 0.5) is 0 Å². The standard InChI is InChI=1S/C23H30N2O4/c1-17(19-7-3-4-8-19)15-22(27)24-11-6-12-25(14-13-24)23(28)20-9-5-10-21(16-20)29-18(2)26/h5,9-10,15-16,19H,3-4,6-8,11-14H2,1-2H3/b17-15+. The Morgan fingerprint density at radius 2 is 1.66 bits per heavy atom. The molecular weight excluding hydrogens is 368 g/mol. The molecule has 1 aliphatic heterocycles. The summed E-state index contributed by atoms with van der Waals surface area (Å²) in [6.07, 6.45) is 7.43. The highest BCUT2D eigenvalue weighted by Crippen LogP contribution is 2.30. The van der Waals surface area contributed by atoms with Crippen molar-refractivity contribution in [1.29, 1.82) is 0 Å². The molecule has 0 spiro atoms. The first-order chi connectivity index (χ1) is 13.9. The minimum atomic E-state index is -0.417. The van der Waals surface area contributed by atoms with E-state index in [1.807, 2.05) is 4.90 Å². The van der Waals surface area contributed by atoms with E-state index >= 15 is 0 Å². The van der Waals surface area contributed by atoms with Crippen molar-refractivity contribution in [2.75, 3.05) is 26.2 Å². The van der Waals surface area contributed by atoms with Crippen LogP contribution in [0.15, 0.2) is 35.9 Å². The highest BCUT2D eigenvalue weighted by Gasteiger charge is 2.23. The predicted octanol–water partition coefficient (Wildman–Crippen LogP) is 3.42. The van der Waals surface area contributed by atoms with Crippen LogP contribution >= 0.6 is 0 Å². The molecule has 1 aromatic rings. The largest absolute Gasteiger partial charge is 0.427 e. The maximum Gasteiger partial charge on any atom is 0.308 e. The van der Waals surface area contributed by atoms with Crippen LogP contribution in [-0.2, 0) is 9.59 Å². The average molecular weight is 399 g/mol. The molecule has 1 saturated heterocycles. The molecular formula is C23H30N2O4. The van der Waals surface area contributed by atoms with Crippen molar-refractivity contribution in [3.05, 3.63) is 41.5 Å². The normalized spacial score (nSPS) is 18.5. The SMILES string of the molecule is CC(=O)Oc1cccc(C(=O)N2CCCN(C(=O)/C=C(\C)C3CCCC3)CC2)c1. The van der Waals surface area contributed by atoms with Crippen LogP contribution in [-0.4, -0.2) is 53.8 Å². The molecule has 156 valence electrons. The van der Waals surface area contributed by atoms with Gasteiger partial charge in [0, 0.05) is 44.7 Å². The Kier molecular flexibility index (Phi) is 7.07. The zero-order valence-corrected chi connectivity index (χ0v) is 17.4. The van der Waals surface area contributed by atoms with Gasteiger partial charge in [0.2, 0.25) is 5.91 Å². The number of ether oxygens (including phenoxy) is 1. The van der Waals surface area contributed by atoms with E-state index in [2.05, 4.69) is 6.92 Å². The summed E-state index contributed by atoms with van der Waals surface area (Å²) < 4.78 is 5.08. The van der Waals surface area contributed by atoms with Gasteiger partial charge in [-0.2, -0.15) is 0 Å². The number of hydrogen-bond donors (Lipinski definition) is 0. The highest BCUT2D eigenvalue weighted by atomic mass is 16.5. The quantitative estimate of drug-likeness (QED) is 0.443. The van der Waals surface area contributed by atoms with Crippen LogP contribution in [0.5, 0.6) is 5.75 Å². The zero-order valence-electron chi connectivity index (χ0n) is 17.4. The van der Waals surface area contributed by atoms with E-state index in [0.717, 1.165) is 6.42 Å². The lowest BCUT2D eigenvalue weighted by atomic mass is 9.98. The summed E-state index contributed by atoms with van der Waals surface area (Å²) in [5.41, 5.74) is 1.67. The van der Waals surface area contributed by atoms with E-state index in [4.69, 9.17) is 4.74 Å². The van der Waals surface area contributed by atoms with E-state index in [1.165, 1.54) is 38.2 Å². The lowest BCUT2D eigenvalue weighted by Crippen LogP contribution is -2.37. The molecule has 3 rings (SSSR count). The molecule has 29 heavy (non-hydrogen) atoms. The number of carbonyl (C=O) groups excluding carboxylic acids is 3. The molecule has 0 atom stereocenters. The number of amides is 2. The molecule has 1 saturated carbocycles. The van der Waals surface area contributed by atoms with Gasteiger partial charge in [-0.25, -0.2) is 0 Å². The molecule has 0 radical (unpaired) electrons. The van der Waals surface area contributed by atoms with Gasteiger partial charge in [0.15, 0.2) is 0 Å². The average Bonchev–Trinajstić information content (AvgIpc) is 3.12. The molecule has 1 aromatic carbocycles.